The molecule has 132 valence electrons. The lowest BCUT2D eigenvalue weighted by atomic mass is 10.2. The summed E-state index contributed by atoms with van der Waals surface area (Å²) in [5.74, 6) is 2.35. The van der Waals surface area contributed by atoms with E-state index in [9.17, 15) is 9.59 Å². The summed E-state index contributed by atoms with van der Waals surface area (Å²) in [6.07, 6.45) is 0. The number of carbonyl (C=O) groups excluding carboxylic acids is 2. The monoisotopic (exact) mass is 352 g/mol. The molecule has 0 unspecified atom stereocenters. The first-order chi connectivity index (χ1) is 11.6. The smallest absolute Gasteiger partial charge is 0.261 e. The standard InChI is InChI=1S/C17H24N2O4S/c1-4-18(5-2)17(21)15-11-24-12-19(15)16(20)10-23-14-8-6-13(22-3)7-9-14/h6-9,15H,4-5,10-12H2,1-3H3/t15-/m1/s1. The van der Waals surface area contributed by atoms with Gasteiger partial charge >= 0.3 is 0 Å². The number of rotatable bonds is 7. The number of methoxy groups -OCH3 is 1. The molecule has 1 saturated heterocycles. The van der Waals surface area contributed by atoms with E-state index in [0.717, 1.165) is 5.75 Å². The summed E-state index contributed by atoms with van der Waals surface area (Å²) in [4.78, 5) is 28.4. The molecule has 0 saturated carbocycles. The van der Waals surface area contributed by atoms with Gasteiger partial charge in [-0.25, -0.2) is 0 Å². The van der Waals surface area contributed by atoms with Crippen LogP contribution >= 0.6 is 11.8 Å². The molecule has 0 radical (unpaired) electrons. The van der Waals surface area contributed by atoms with Gasteiger partial charge in [-0.3, -0.25) is 9.59 Å². The van der Waals surface area contributed by atoms with E-state index >= 15 is 0 Å². The molecule has 0 bridgehead atoms. The van der Waals surface area contributed by atoms with Gasteiger partial charge in [-0.05, 0) is 38.1 Å². The van der Waals surface area contributed by atoms with Gasteiger partial charge in [0.2, 0.25) is 5.91 Å². The molecule has 0 N–H and O–H groups in total. The summed E-state index contributed by atoms with van der Waals surface area (Å²) in [6, 6.07) is 6.67. The van der Waals surface area contributed by atoms with Crippen LogP contribution in [0.4, 0.5) is 0 Å². The summed E-state index contributed by atoms with van der Waals surface area (Å²) in [6.45, 7) is 5.13. The zero-order valence-corrected chi connectivity index (χ0v) is 15.2. The number of carbonyl (C=O) groups is 2. The van der Waals surface area contributed by atoms with Crippen molar-refractivity contribution in [2.45, 2.75) is 19.9 Å². The van der Waals surface area contributed by atoms with Crippen molar-refractivity contribution in [1.29, 1.82) is 0 Å². The Morgan fingerprint density at radius 3 is 2.42 bits per heavy atom. The zero-order chi connectivity index (χ0) is 17.5. The van der Waals surface area contributed by atoms with Crippen LogP contribution in [0.25, 0.3) is 0 Å². The van der Waals surface area contributed by atoms with E-state index in [1.54, 1.807) is 52.9 Å². The van der Waals surface area contributed by atoms with E-state index < -0.39 is 0 Å². The maximum atomic E-state index is 12.5. The molecule has 6 nitrogen and oxygen atoms in total. The van der Waals surface area contributed by atoms with Crippen LogP contribution in [0.3, 0.4) is 0 Å². The van der Waals surface area contributed by atoms with Crippen molar-refractivity contribution < 1.29 is 19.1 Å². The number of likely N-dealkylation sites (N-methyl/N-ethyl adjacent to an activating group) is 1. The summed E-state index contributed by atoms with van der Waals surface area (Å²) in [5, 5.41) is 0. The minimum absolute atomic E-state index is 0.0165. The lowest BCUT2D eigenvalue weighted by Crippen LogP contribution is -2.50. The fourth-order valence-corrected chi connectivity index (χ4v) is 3.71. The molecule has 2 amide bonds. The van der Waals surface area contributed by atoms with Gasteiger partial charge in [-0.15, -0.1) is 11.8 Å². The third-order valence-electron chi connectivity index (χ3n) is 3.98. The van der Waals surface area contributed by atoms with E-state index in [1.807, 2.05) is 13.8 Å². The van der Waals surface area contributed by atoms with E-state index in [4.69, 9.17) is 9.47 Å². The van der Waals surface area contributed by atoms with Crippen LogP contribution < -0.4 is 9.47 Å². The minimum atomic E-state index is -0.387. The van der Waals surface area contributed by atoms with Gasteiger partial charge in [0.05, 0.1) is 13.0 Å². The molecule has 0 spiro atoms. The normalized spacial score (nSPS) is 16.8. The molecule has 24 heavy (non-hydrogen) atoms. The molecule has 1 aliphatic rings. The molecule has 7 heteroatoms. The Morgan fingerprint density at radius 1 is 1.21 bits per heavy atom. The van der Waals surface area contributed by atoms with E-state index in [0.29, 0.717) is 30.5 Å². The third kappa shape index (κ3) is 4.35. The largest absolute Gasteiger partial charge is 0.497 e. The van der Waals surface area contributed by atoms with Gasteiger partial charge in [0.15, 0.2) is 6.61 Å². The van der Waals surface area contributed by atoms with Gasteiger partial charge in [0.25, 0.3) is 5.91 Å². The predicted molar refractivity (Wildman–Crippen MR) is 94.4 cm³/mol. The molecule has 1 heterocycles. The molecule has 1 aromatic carbocycles. The van der Waals surface area contributed by atoms with Crippen LogP contribution in [0.15, 0.2) is 24.3 Å². The predicted octanol–water partition coefficient (Wildman–Crippen LogP) is 1.84. The summed E-state index contributed by atoms with van der Waals surface area (Å²) < 4.78 is 10.6. The minimum Gasteiger partial charge on any atom is -0.497 e. The summed E-state index contributed by atoms with van der Waals surface area (Å²) in [7, 11) is 1.59. The zero-order valence-electron chi connectivity index (χ0n) is 14.4. The molecule has 0 aliphatic carbocycles. The summed E-state index contributed by atoms with van der Waals surface area (Å²) >= 11 is 1.60. The Labute approximate surface area is 147 Å². The quantitative estimate of drug-likeness (QED) is 0.749. The molecule has 2 rings (SSSR count). The first kappa shape index (κ1) is 18.4. The highest BCUT2D eigenvalue weighted by molar-refractivity contribution is 7.99. The Kier molecular flexibility index (Phi) is 6.78. The number of benzene rings is 1. The van der Waals surface area contributed by atoms with Gasteiger partial charge in [0, 0.05) is 18.8 Å². The van der Waals surface area contributed by atoms with Crippen LogP contribution in [-0.4, -0.2) is 66.1 Å². The van der Waals surface area contributed by atoms with Crippen LogP contribution in [0.2, 0.25) is 0 Å². The maximum Gasteiger partial charge on any atom is 0.261 e. The highest BCUT2D eigenvalue weighted by atomic mass is 32.2. The lowest BCUT2D eigenvalue weighted by molar-refractivity contribution is -0.144. The van der Waals surface area contributed by atoms with Crippen molar-refractivity contribution >= 4 is 23.6 Å². The first-order valence-electron chi connectivity index (χ1n) is 8.03. The molecule has 1 atom stereocenters. The average molecular weight is 352 g/mol. The molecular formula is C17H24N2O4S. The number of hydrogen-bond donors (Lipinski definition) is 0. The van der Waals surface area contributed by atoms with Crippen molar-refractivity contribution in [3.63, 3.8) is 0 Å². The van der Waals surface area contributed by atoms with Gasteiger partial charge in [0.1, 0.15) is 17.5 Å². The van der Waals surface area contributed by atoms with Crippen molar-refractivity contribution in [2.75, 3.05) is 38.4 Å². The number of hydrogen-bond acceptors (Lipinski definition) is 5. The van der Waals surface area contributed by atoms with Crippen molar-refractivity contribution in [1.82, 2.24) is 9.80 Å². The van der Waals surface area contributed by atoms with Crippen LogP contribution in [0, 0.1) is 0 Å². The number of amides is 2. The van der Waals surface area contributed by atoms with Crippen molar-refractivity contribution in [2.24, 2.45) is 0 Å². The Morgan fingerprint density at radius 2 is 1.83 bits per heavy atom. The number of nitrogens with zero attached hydrogens (tertiary/aromatic N) is 2. The van der Waals surface area contributed by atoms with E-state index in [2.05, 4.69) is 0 Å². The fourth-order valence-electron chi connectivity index (χ4n) is 2.54. The second-order valence-electron chi connectivity index (χ2n) is 5.35. The highest BCUT2D eigenvalue weighted by Gasteiger charge is 2.36. The molecular weight excluding hydrogens is 328 g/mol. The molecule has 1 fully saturated rings. The molecule has 0 aromatic heterocycles. The molecule has 1 aliphatic heterocycles. The second-order valence-corrected chi connectivity index (χ2v) is 6.35. The van der Waals surface area contributed by atoms with Crippen LogP contribution in [0.5, 0.6) is 11.5 Å². The second kappa shape index (κ2) is 8.82. The van der Waals surface area contributed by atoms with E-state index in [-0.39, 0.29) is 24.5 Å². The Balaban J connectivity index is 1.93. The van der Waals surface area contributed by atoms with Crippen molar-refractivity contribution in [3.05, 3.63) is 24.3 Å². The van der Waals surface area contributed by atoms with Crippen LogP contribution in [0.1, 0.15) is 13.8 Å². The van der Waals surface area contributed by atoms with Gasteiger partial charge in [-0.2, -0.15) is 0 Å². The first-order valence-corrected chi connectivity index (χ1v) is 9.19. The lowest BCUT2D eigenvalue weighted by Gasteiger charge is -2.28. The Hall–Kier alpha value is -1.89. The Bertz CT molecular complexity index is 560. The number of ether oxygens (including phenoxy) is 2. The molecule has 1 aromatic rings. The topological polar surface area (TPSA) is 59.1 Å². The van der Waals surface area contributed by atoms with Gasteiger partial charge in [-0.1, -0.05) is 0 Å². The van der Waals surface area contributed by atoms with E-state index in [1.165, 1.54) is 0 Å². The van der Waals surface area contributed by atoms with Crippen LogP contribution in [-0.2, 0) is 9.59 Å². The van der Waals surface area contributed by atoms with Gasteiger partial charge < -0.3 is 19.3 Å². The average Bonchev–Trinajstić information content (AvgIpc) is 3.11. The maximum absolute atomic E-state index is 12.5. The number of thioether (sulfide) groups is 1. The van der Waals surface area contributed by atoms with Crippen molar-refractivity contribution in [3.8, 4) is 11.5 Å². The SMILES string of the molecule is CCN(CC)C(=O)[C@H]1CSCN1C(=O)COc1ccc(OC)cc1. The fraction of sp³-hybridized carbons (Fsp3) is 0.529. The third-order valence-corrected chi connectivity index (χ3v) is 5.00. The highest BCUT2D eigenvalue weighted by Crippen LogP contribution is 2.23. The summed E-state index contributed by atoms with van der Waals surface area (Å²) in [5.41, 5.74) is 0.